The van der Waals surface area contributed by atoms with Crippen LogP contribution in [0.1, 0.15) is 26.2 Å². The maximum absolute atomic E-state index is 11.6. The number of nitrogens with zero attached hydrogens (tertiary/aromatic N) is 1. The number of hydrogen-bond acceptors (Lipinski definition) is 3. The molecule has 0 bridgehead atoms. The van der Waals surface area contributed by atoms with Crippen molar-refractivity contribution in [3.05, 3.63) is 9.93 Å². The van der Waals surface area contributed by atoms with Crippen LogP contribution in [0, 0.1) is 0 Å². The molecule has 1 rings (SSSR count). The summed E-state index contributed by atoms with van der Waals surface area (Å²) in [7, 11) is 0. The normalized spacial score (nSPS) is 16.2. The number of thioether (sulfide) groups is 2. The van der Waals surface area contributed by atoms with Gasteiger partial charge < -0.3 is 4.90 Å². The van der Waals surface area contributed by atoms with Crippen molar-refractivity contribution in [3.8, 4) is 0 Å². The Morgan fingerprint density at radius 3 is 2.43 bits per heavy atom. The number of rotatable bonds is 6. The number of carbonyl (C=O) groups excluding carboxylic acids is 1. The van der Waals surface area contributed by atoms with Crippen LogP contribution in [0.25, 0.3) is 0 Å². The molecule has 0 aromatic carbocycles. The van der Waals surface area contributed by atoms with E-state index >= 15 is 0 Å². The van der Waals surface area contributed by atoms with Crippen LogP contribution in [0.5, 0.6) is 0 Å². The number of unbranched alkanes of at least 4 members (excludes halogenated alkanes) is 2. The van der Waals surface area contributed by atoms with Crippen LogP contribution in [0.3, 0.4) is 0 Å². The van der Waals surface area contributed by atoms with Crippen molar-refractivity contribution in [2.75, 3.05) is 19.1 Å². The Morgan fingerprint density at radius 1 is 1.21 bits per heavy atom. The second kappa shape index (κ2) is 5.71. The molecule has 0 saturated carbocycles. The molecule has 0 saturated heterocycles. The highest BCUT2D eigenvalue weighted by Crippen LogP contribution is 2.38. The lowest BCUT2D eigenvalue weighted by atomic mass is 10.2. The second-order valence-electron chi connectivity index (χ2n) is 3.21. The maximum Gasteiger partial charge on any atom is 0.267 e. The monoisotopic (exact) mass is 231 g/mol. The Hall–Kier alpha value is -0.0900. The van der Waals surface area contributed by atoms with Crippen molar-refractivity contribution in [1.82, 2.24) is 4.90 Å². The fourth-order valence-corrected chi connectivity index (χ4v) is 3.21. The largest absolute Gasteiger partial charge is 0.301 e. The molecule has 0 spiro atoms. The summed E-state index contributed by atoms with van der Waals surface area (Å²) in [6.45, 7) is 3.07. The summed E-state index contributed by atoms with van der Waals surface area (Å²) in [6, 6.07) is 0. The molecule has 1 aliphatic rings. The van der Waals surface area contributed by atoms with Gasteiger partial charge in [0, 0.05) is 6.54 Å². The van der Waals surface area contributed by atoms with Crippen LogP contribution < -0.4 is 0 Å². The van der Waals surface area contributed by atoms with Gasteiger partial charge in [-0.05, 0) is 18.9 Å². The topological polar surface area (TPSA) is 20.3 Å². The van der Waals surface area contributed by atoms with Gasteiger partial charge in [-0.3, -0.25) is 4.79 Å². The first-order chi connectivity index (χ1) is 6.76. The van der Waals surface area contributed by atoms with Gasteiger partial charge in [-0.15, -0.1) is 23.5 Å². The quantitative estimate of drug-likeness (QED) is 0.656. The highest BCUT2D eigenvalue weighted by molar-refractivity contribution is 8.07. The SMILES string of the molecule is CCCCCN1C(=O)C(SC)=C1SC. The molecule has 2 nitrogen and oxygen atoms in total. The van der Waals surface area contributed by atoms with Crippen molar-refractivity contribution in [1.29, 1.82) is 0 Å². The van der Waals surface area contributed by atoms with Gasteiger partial charge in [-0.2, -0.15) is 0 Å². The summed E-state index contributed by atoms with van der Waals surface area (Å²) >= 11 is 3.24. The van der Waals surface area contributed by atoms with E-state index in [0.29, 0.717) is 0 Å². The number of amides is 1. The number of carbonyl (C=O) groups is 1. The second-order valence-corrected chi connectivity index (χ2v) is 4.82. The highest BCUT2D eigenvalue weighted by atomic mass is 32.2. The summed E-state index contributed by atoms with van der Waals surface area (Å²) in [5.74, 6) is 0.220. The van der Waals surface area contributed by atoms with Crippen LogP contribution in [0.2, 0.25) is 0 Å². The van der Waals surface area contributed by atoms with Gasteiger partial charge in [0.15, 0.2) is 0 Å². The Kier molecular flexibility index (Phi) is 4.89. The average Bonchev–Trinajstić information content (AvgIpc) is 2.20. The molecule has 0 aromatic heterocycles. The van der Waals surface area contributed by atoms with Gasteiger partial charge in [-0.25, -0.2) is 0 Å². The lowest BCUT2D eigenvalue weighted by Gasteiger charge is -2.34. The number of hydrogen-bond donors (Lipinski definition) is 0. The smallest absolute Gasteiger partial charge is 0.267 e. The van der Waals surface area contributed by atoms with Gasteiger partial charge in [0.1, 0.15) is 4.91 Å². The summed E-state index contributed by atoms with van der Waals surface area (Å²) in [5, 5.41) is 1.17. The van der Waals surface area contributed by atoms with Crippen molar-refractivity contribution < 1.29 is 4.79 Å². The van der Waals surface area contributed by atoms with E-state index in [2.05, 4.69) is 6.92 Å². The minimum atomic E-state index is 0.220. The van der Waals surface area contributed by atoms with Crippen LogP contribution in [0.15, 0.2) is 9.93 Å². The van der Waals surface area contributed by atoms with E-state index in [1.165, 1.54) is 17.9 Å². The predicted octanol–water partition coefficient (Wildman–Crippen LogP) is 2.91. The molecule has 1 heterocycles. The predicted molar refractivity (Wildman–Crippen MR) is 65.3 cm³/mol. The van der Waals surface area contributed by atoms with E-state index in [4.69, 9.17) is 0 Å². The van der Waals surface area contributed by atoms with Crippen molar-refractivity contribution in [2.45, 2.75) is 26.2 Å². The Bertz CT molecular complexity index is 251. The minimum Gasteiger partial charge on any atom is -0.301 e. The molecule has 1 amide bonds. The molecule has 80 valence electrons. The Balaban J connectivity index is 2.49. The van der Waals surface area contributed by atoms with E-state index in [-0.39, 0.29) is 5.91 Å². The van der Waals surface area contributed by atoms with Crippen LogP contribution in [0.4, 0.5) is 0 Å². The van der Waals surface area contributed by atoms with Gasteiger partial charge in [0.2, 0.25) is 0 Å². The first-order valence-electron chi connectivity index (χ1n) is 4.90. The molecule has 14 heavy (non-hydrogen) atoms. The van der Waals surface area contributed by atoms with Crippen LogP contribution >= 0.6 is 23.5 Å². The summed E-state index contributed by atoms with van der Waals surface area (Å²) in [4.78, 5) is 14.4. The van der Waals surface area contributed by atoms with Gasteiger partial charge >= 0.3 is 0 Å². The zero-order valence-corrected chi connectivity index (χ0v) is 10.6. The average molecular weight is 231 g/mol. The molecule has 0 fully saturated rings. The fraction of sp³-hybridized carbons (Fsp3) is 0.700. The molecule has 4 heteroatoms. The van der Waals surface area contributed by atoms with E-state index in [1.54, 1.807) is 23.5 Å². The Labute approximate surface area is 94.5 Å². The fourth-order valence-electron chi connectivity index (χ4n) is 1.48. The molecule has 0 radical (unpaired) electrons. The van der Waals surface area contributed by atoms with Crippen LogP contribution in [-0.2, 0) is 4.79 Å². The third-order valence-corrected chi connectivity index (χ3v) is 3.98. The third kappa shape index (κ3) is 2.28. The molecule has 0 atom stereocenters. The van der Waals surface area contributed by atoms with E-state index in [0.717, 1.165) is 17.9 Å². The van der Waals surface area contributed by atoms with Crippen LogP contribution in [-0.4, -0.2) is 29.9 Å². The zero-order valence-electron chi connectivity index (χ0n) is 9.00. The minimum absolute atomic E-state index is 0.220. The van der Waals surface area contributed by atoms with E-state index in [1.807, 2.05) is 17.4 Å². The van der Waals surface area contributed by atoms with Gasteiger partial charge in [0.05, 0.1) is 5.03 Å². The first-order valence-corrected chi connectivity index (χ1v) is 7.35. The molecule has 0 aliphatic carbocycles. The van der Waals surface area contributed by atoms with Gasteiger partial charge in [-0.1, -0.05) is 19.8 Å². The molecule has 1 aliphatic heterocycles. The molecule has 0 aromatic rings. The standard InChI is InChI=1S/C10H17NOS2/c1-4-5-6-7-11-9(12)8(13-2)10(11)14-3/h4-7H2,1-3H3. The first kappa shape index (κ1) is 12.0. The van der Waals surface area contributed by atoms with E-state index < -0.39 is 0 Å². The lowest BCUT2D eigenvalue weighted by Crippen LogP contribution is -2.40. The van der Waals surface area contributed by atoms with Crippen molar-refractivity contribution >= 4 is 29.4 Å². The van der Waals surface area contributed by atoms with Crippen molar-refractivity contribution in [3.63, 3.8) is 0 Å². The van der Waals surface area contributed by atoms with Crippen molar-refractivity contribution in [2.24, 2.45) is 0 Å². The van der Waals surface area contributed by atoms with Gasteiger partial charge in [0.25, 0.3) is 5.91 Å². The molecular weight excluding hydrogens is 214 g/mol. The van der Waals surface area contributed by atoms with E-state index in [9.17, 15) is 4.79 Å². The highest BCUT2D eigenvalue weighted by Gasteiger charge is 2.34. The zero-order chi connectivity index (χ0) is 10.6. The maximum atomic E-state index is 11.6. The third-order valence-electron chi connectivity index (χ3n) is 2.26. The molecular formula is C10H17NOS2. The lowest BCUT2D eigenvalue weighted by molar-refractivity contribution is -0.127. The summed E-state index contributed by atoms with van der Waals surface area (Å²) in [6.07, 6.45) is 7.53. The summed E-state index contributed by atoms with van der Waals surface area (Å²) in [5.41, 5.74) is 0. The summed E-state index contributed by atoms with van der Waals surface area (Å²) < 4.78 is 0. The Morgan fingerprint density at radius 2 is 1.93 bits per heavy atom. The molecule has 0 N–H and O–H groups in total. The molecule has 0 unspecified atom stereocenters.